The molecule has 15 heavy (non-hydrogen) atoms. The van der Waals surface area contributed by atoms with Gasteiger partial charge in [0.05, 0.1) is 6.54 Å². The first-order valence-electron chi connectivity index (χ1n) is 4.83. The van der Waals surface area contributed by atoms with E-state index < -0.39 is 0 Å². The van der Waals surface area contributed by atoms with Gasteiger partial charge in [-0.05, 0) is 12.1 Å². The molecule has 0 atom stereocenters. The van der Waals surface area contributed by atoms with Gasteiger partial charge < -0.3 is 0 Å². The highest BCUT2D eigenvalue weighted by Gasteiger charge is 2.29. The number of amides is 2. The van der Waals surface area contributed by atoms with Crippen LogP contribution in [0.2, 0.25) is 0 Å². The lowest BCUT2D eigenvalue weighted by atomic mass is 10.2. The Morgan fingerprint density at radius 1 is 1.27 bits per heavy atom. The minimum atomic E-state index is -0.121. The molecular weight excluding hydrogens is 192 g/mol. The van der Waals surface area contributed by atoms with E-state index in [1.54, 1.807) is 19.2 Å². The number of carbonyl (C=O) groups is 2. The van der Waals surface area contributed by atoms with Crippen LogP contribution in [-0.4, -0.2) is 35.4 Å². The third kappa shape index (κ3) is 1.70. The second kappa shape index (κ2) is 3.73. The SMILES string of the molecule is CN1C(=O)CCN1C(=O)c1ccccc1. The summed E-state index contributed by atoms with van der Waals surface area (Å²) in [6, 6.07) is 8.98. The Labute approximate surface area is 88.1 Å². The predicted octanol–water partition coefficient (Wildman–Crippen LogP) is 0.906. The first-order chi connectivity index (χ1) is 7.20. The van der Waals surface area contributed by atoms with Crippen molar-refractivity contribution in [3.8, 4) is 0 Å². The van der Waals surface area contributed by atoms with E-state index in [1.807, 2.05) is 18.2 Å². The van der Waals surface area contributed by atoms with E-state index in [4.69, 9.17) is 0 Å². The highest BCUT2D eigenvalue weighted by molar-refractivity contribution is 5.96. The average Bonchev–Trinajstić information content (AvgIpc) is 2.60. The summed E-state index contributed by atoms with van der Waals surface area (Å²) < 4.78 is 0. The van der Waals surface area contributed by atoms with E-state index in [9.17, 15) is 9.59 Å². The van der Waals surface area contributed by atoms with Crippen LogP contribution >= 0.6 is 0 Å². The molecule has 1 saturated heterocycles. The van der Waals surface area contributed by atoms with Gasteiger partial charge in [0.15, 0.2) is 0 Å². The Morgan fingerprint density at radius 3 is 2.47 bits per heavy atom. The Bertz CT molecular complexity index is 389. The van der Waals surface area contributed by atoms with Crippen LogP contribution in [0.4, 0.5) is 0 Å². The van der Waals surface area contributed by atoms with Gasteiger partial charge in [-0.25, -0.2) is 5.01 Å². The molecule has 0 radical (unpaired) electrons. The second-order valence-corrected chi connectivity index (χ2v) is 3.46. The van der Waals surface area contributed by atoms with E-state index in [2.05, 4.69) is 0 Å². The van der Waals surface area contributed by atoms with Crippen LogP contribution in [0.15, 0.2) is 30.3 Å². The van der Waals surface area contributed by atoms with Crippen molar-refractivity contribution >= 4 is 11.8 Å². The summed E-state index contributed by atoms with van der Waals surface area (Å²) in [5.41, 5.74) is 0.610. The molecule has 0 unspecified atom stereocenters. The third-order valence-electron chi connectivity index (χ3n) is 2.52. The molecule has 4 nitrogen and oxygen atoms in total. The largest absolute Gasteiger partial charge is 0.273 e. The van der Waals surface area contributed by atoms with Crippen molar-refractivity contribution in [2.45, 2.75) is 6.42 Å². The van der Waals surface area contributed by atoms with Crippen molar-refractivity contribution in [2.24, 2.45) is 0 Å². The summed E-state index contributed by atoms with van der Waals surface area (Å²) in [7, 11) is 1.62. The topological polar surface area (TPSA) is 40.6 Å². The number of hydrogen-bond donors (Lipinski definition) is 0. The maximum absolute atomic E-state index is 11.9. The highest BCUT2D eigenvalue weighted by Crippen LogP contribution is 2.13. The van der Waals surface area contributed by atoms with Crippen molar-refractivity contribution in [1.29, 1.82) is 0 Å². The molecule has 0 aromatic heterocycles. The van der Waals surface area contributed by atoms with E-state index in [1.165, 1.54) is 10.0 Å². The lowest BCUT2D eigenvalue weighted by Crippen LogP contribution is -2.40. The lowest BCUT2D eigenvalue weighted by molar-refractivity contribution is -0.133. The van der Waals surface area contributed by atoms with Gasteiger partial charge in [0.25, 0.3) is 5.91 Å². The van der Waals surface area contributed by atoms with Gasteiger partial charge >= 0.3 is 0 Å². The fraction of sp³-hybridized carbons (Fsp3) is 0.273. The molecule has 1 aliphatic rings. The first-order valence-corrected chi connectivity index (χ1v) is 4.83. The molecule has 1 aromatic rings. The molecule has 1 fully saturated rings. The summed E-state index contributed by atoms with van der Waals surface area (Å²) in [6.45, 7) is 0.475. The van der Waals surface area contributed by atoms with Gasteiger partial charge in [0.2, 0.25) is 5.91 Å². The van der Waals surface area contributed by atoms with Gasteiger partial charge in [-0.2, -0.15) is 0 Å². The number of rotatable bonds is 1. The average molecular weight is 204 g/mol. The monoisotopic (exact) mass is 204 g/mol. The first kappa shape index (κ1) is 9.71. The smallest absolute Gasteiger partial charge is 0.272 e. The second-order valence-electron chi connectivity index (χ2n) is 3.46. The molecule has 0 N–H and O–H groups in total. The zero-order valence-corrected chi connectivity index (χ0v) is 8.51. The summed E-state index contributed by atoms with van der Waals surface area (Å²) in [6.07, 6.45) is 0.412. The Kier molecular flexibility index (Phi) is 2.41. The van der Waals surface area contributed by atoms with Crippen molar-refractivity contribution in [1.82, 2.24) is 10.0 Å². The quantitative estimate of drug-likeness (QED) is 0.682. The molecule has 0 spiro atoms. The van der Waals surface area contributed by atoms with E-state index in [0.29, 0.717) is 18.5 Å². The molecule has 1 aromatic carbocycles. The van der Waals surface area contributed by atoms with Crippen LogP contribution in [0.5, 0.6) is 0 Å². The molecule has 78 valence electrons. The van der Waals surface area contributed by atoms with Crippen molar-refractivity contribution < 1.29 is 9.59 Å². The minimum Gasteiger partial charge on any atom is -0.273 e. The van der Waals surface area contributed by atoms with E-state index >= 15 is 0 Å². The summed E-state index contributed by atoms with van der Waals surface area (Å²) >= 11 is 0. The number of carbonyl (C=O) groups excluding carboxylic acids is 2. The number of hydrogen-bond acceptors (Lipinski definition) is 2. The van der Waals surface area contributed by atoms with Crippen molar-refractivity contribution in [3.63, 3.8) is 0 Å². The fourth-order valence-electron chi connectivity index (χ4n) is 1.62. The zero-order chi connectivity index (χ0) is 10.8. The van der Waals surface area contributed by atoms with Gasteiger partial charge in [-0.15, -0.1) is 0 Å². The highest BCUT2D eigenvalue weighted by atomic mass is 16.2. The third-order valence-corrected chi connectivity index (χ3v) is 2.52. The molecule has 0 saturated carbocycles. The summed E-state index contributed by atoms with van der Waals surface area (Å²) in [5, 5.41) is 2.85. The Morgan fingerprint density at radius 2 is 1.93 bits per heavy atom. The Hall–Kier alpha value is -1.84. The van der Waals surface area contributed by atoms with Crippen LogP contribution in [0.1, 0.15) is 16.8 Å². The molecule has 0 bridgehead atoms. The van der Waals surface area contributed by atoms with E-state index in [-0.39, 0.29) is 11.8 Å². The van der Waals surface area contributed by atoms with Crippen LogP contribution in [0.25, 0.3) is 0 Å². The van der Waals surface area contributed by atoms with Crippen LogP contribution in [-0.2, 0) is 4.79 Å². The zero-order valence-electron chi connectivity index (χ0n) is 8.51. The van der Waals surface area contributed by atoms with Crippen molar-refractivity contribution in [2.75, 3.05) is 13.6 Å². The number of benzene rings is 1. The van der Waals surface area contributed by atoms with Gasteiger partial charge in [0, 0.05) is 19.0 Å². The predicted molar refractivity (Wildman–Crippen MR) is 54.9 cm³/mol. The van der Waals surface area contributed by atoms with Gasteiger partial charge in [-0.1, -0.05) is 18.2 Å². The molecular formula is C11H12N2O2. The minimum absolute atomic E-state index is 0.0146. The molecule has 4 heteroatoms. The van der Waals surface area contributed by atoms with Crippen LogP contribution in [0.3, 0.4) is 0 Å². The summed E-state index contributed by atoms with van der Waals surface area (Å²) in [5.74, 6) is -0.136. The maximum Gasteiger partial charge on any atom is 0.272 e. The lowest BCUT2D eigenvalue weighted by Gasteiger charge is -2.23. The molecule has 2 amide bonds. The maximum atomic E-state index is 11.9. The van der Waals surface area contributed by atoms with E-state index in [0.717, 1.165) is 0 Å². The number of nitrogens with zero attached hydrogens (tertiary/aromatic N) is 2. The molecule has 1 aliphatic heterocycles. The van der Waals surface area contributed by atoms with Crippen LogP contribution in [0, 0.1) is 0 Å². The fourth-order valence-corrected chi connectivity index (χ4v) is 1.62. The number of hydrazine groups is 1. The van der Waals surface area contributed by atoms with Crippen molar-refractivity contribution in [3.05, 3.63) is 35.9 Å². The van der Waals surface area contributed by atoms with Gasteiger partial charge in [-0.3, -0.25) is 14.6 Å². The molecule has 2 rings (SSSR count). The molecule has 1 heterocycles. The molecule has 0 aliphatic carbocycles. The summed E-state index contributed by atoms with van der Waals surface area (Å²) in [4.78, 5) is 23.2. The van der Waals surface area contributed by atoms with Gasteiger partial charge in [0.1, 0.15) is 0 Å². The normalized spacial score (nSPS) is 15.9. The Balaban J connectivity index is 2.19. The van der Waals surface area contributed by atoms with Crippen LogP contribution < -0.4 is 0 Å². The standard InChI is InChI=1S/C11H12N2O2/c1-12-10(14)7-8-13(12)11(15)9-5-3-2-4-6-9/h2-6H,7-8H2,1H3.